The highest BCUT2D eigenvalue weighted by Crippen LogP contribution is 2.26. The standard InChI is InChI=1S/C18H16ClN5O3S/c1-26-11-4-2-10(3-5-11)17-21-16(22-23-17)9-20-18(25)13-8-12(24-27-13)14-6-7-15(19)28-14/h2-7,13H,8-9H2,1H3,(H,20,25)(H,21,22,23). The number of H-pyrrole nitrogens is 1. The van der Waals surface area contributed by atoms with Crippen LogP contribution >= 0.6 is 22.9 Å². The Labute approximate surface area is 169 Å². The van der Waals surface area contributed by atoms with E-state index < -0.39 is 6.10 Å². The molecule has 0 bridgehead atoms. The van der Waals surface area contributed by atoms with Crippen molar-refractivity contribution in [2.24, 2.45) is 5.16 Å². The minimum atomic E-state index is -0.667. The molecule has 1 aliphatic heterocycles. The number of thiophene rings is 1. The molecule has 0 saturated carbocycles. The quantitative estimate of drug-likeness (QED) is 0.642. The van der Waals surface area contributed by atoms with Crippen LogP contribution in [0.25, 0.3) is 11.4 Å². The first-order valence-corrected chi connectivity index (χ1v) is 9.63. The Bertz CT molecular complexity index is 1010. The minimum Gasteiger partial charge on any atom is -0.497 e. The zero-order valence-electron chi connectivity index (χ0n) is 14.8. The molecule has 0 aliphatic carbocycles. The average Bonchev–Trinajstić information content (AvgIpc) is 3.46. The number of aromatic nitrogens is 3. The fourth-order valence-electron chi connectivity index (χ4n) is 2.66. The molecule has 0 radical (unpaired) electrons. The van der Waals surface area contributed by atoms with E-state index >= 15 is 0 Å². The molecule has 8 nitrogen and oxygen atoms in total. The van der Waals surface area contributed by atoms with Crippen molar-refractivity contribution in [3.8, 4) is 17.1 Å². The third kappa shape index (κ3) is 4.00. The van der Waals surface area contributed by atoms with Crippen molar-refractivity contribution < 1.29 is 14.4 Å². The molecule has 1 aromatic carbocycles. The van der Waals surface area contributed by atoms with Crippen LogP contribution in [0.4, 0.5) is 0 Å². The van der Waals surface area contributed by atoms with E-state index in [2.05, 4.69) is 25.7 Å². The number of oxime groups is 1. The predicted octanol–water partition coefficient (Wildman–Crippen LogP) is 3.00. The molecule has 4 rings (SSSR count). The molecule has 1 aliphatic rings. The van der Waals surface area contributed by atoms with Crippen LogP contribution in [0.1, 0.15) is 17.1 Å². The first-order valence-electron chi connectivity index (χ1n) is 8.44. The molecule has 1 amide bonds. The highest BCUT2D eigenvalue weighted by molar-refractivity contribution is 7.18. The van der Waals surface area contributed by atoms with Crippen LogP contribution < -0.4 is 10.1 Å². The van der Waals surface area contributed by atoms with E-state index in [9.17, 15) is 4.79 Å². The number of rotatable bonds is 6. The number of aromatic amines is 1. The Morgan fingerprint density at radius 3 is 2.89 bits per heavy atom. The number of carbonyl (C=O) groups excluding carboxylic acids is 1. The van der Waals surface area contributed by atoms with Crippen LogP contribution in [0.3, 0.4) is 0 Å². The summed E-state index contributed by atoms with van der Waals surface area (Å²) in [6, 6.07) is 11.1. The molecule has 0 spiro atoms. The van der Waals surface area contributed by atoms with Crippen LogP contribution in [0.2, 0.25) is 4.34 Å². The monoisotopic (exact) mass is 417 g/mol. The van der Waals surface area contributed by atoms with Crippen molar-refractivity contribution in [3.63, 3.8) is 0 Å². The van der Waals surface area contributed by atoms with Gasteiger partial charge in [0.15, 0.2) is 5.82 Å². The molecule has 1 unspecified atom stereocenters. The number of nitrogens with one attached hydrogen (secondary N) is 2. The van der Waals surface area contributed by atoms with Gasteiger partial charge in [0.1, 0.15) is 17.3 Å². The van der Waals surface area contributed by atoms with Gasteiger partial charge in [0.05, 0.1) is 22.9 Å². The van der Waals surface area contributed by atoms with E-state index in [1.54, 1.807) is 13.2 Å². The zero-order chi connectivity index (χ0) is 19.5. The molecule has 3 heterocycles. The molecule has 0 saturated heterocycles. The fraction of sp³-hybridized carbons (Fsp3) is 0.222. The normalized spacial score (nSPS) is 15.8. The molecule has 0 fully saturated rings. The highest BCUT2D eigenvalue weighted by Gasteiger charge is 2.29. The van der Waals surface area contributed by atoms with Crippen molar-refractivity contribution in [1.82, 2.24) is 20.5 Å². The number of benzene rings is 1. The Hall–Kier alpha value is -2.91. The fourth-order valence-corrected chi connectivity index (χ4v) is 3.69. The van der Waals surface area contributed by atoms with Gasteiger partial charge >= 0.3 is 0 Å². The summed E-state index contributed by atoms with van der Waals surface area (Å²) in [5.74, 6) is 1.59. The molecule has 10 heteroatoms. The van der Waals surface area contributed by atoms with E-state index in [0.717, 1.165) is 21.9 Å². The van der Waals surface area contributed by atoms with Crippen molar-refractivity contribution >= 4 is 34.6 Å². The summed E-state index contributed by atoms with van der Waals surface area (Å²) in [6.45, 7) is 0.210. The lowest BCUT2D eigenvalue weighted by Gasteiger charge is -2.07. The zero-order valence-corrected chi connectivity index (χ0v) is 16.4. The molecule has 2 aromatic heterocycles. The van der Waals surface area contributed by atoms with Crippen molar-refractivity contribution in [2.45, 2.75) is 19.1 Å². The van der Waals surface area contributed by atoms with Crippen LogP contribution in [0.5, 0.6) is 5.75 Å². The maximum atomic E-state index is 12.3. The Morgan fingerprint density at radius 1 is 1.36 bits per heavy atom. The van der Waals surface area contributed by atoms with Gasteiger partial charge in [-0.3, -0.25) is 9.89 Å². The van der Waals surface area contributed by atoms with E-state index in [1.165, 1.54) is 11.3 Å². The van der Waals surface area contributed by atoms with Crippen LogP contribution in [0, 0.1) is 0 Å². The third-order valence-corrected chi connectivity index (χ3v) is 5.41. The number of hydrogen-bond donors (Lipinski definition) is 2. The number of halogens is 1. The first-order chi connectivity index (χ1) is 13.6. The van der Waals surface area contributed by atoms with Gasteiger partial charge in [-0.2, -0.15) is 5.10 Å². The van der Waals surface area contributed by atoms with Gasteiger partial charge in [-0.05, 0) is 36.4 Å². The second kappa shape index (κ2) is 7.99. The minimum absolute atomic E-state index is 0.210. The Kier molecular flexibility index (Phi) is 5.27. The third-order valence-electron chi connectivity index (χ3n) is 4.13. The summed E-state index contributed by atoms with van der Waals surface area (Å²) in [4.78, 5) is 22.9. The second-order valence-electron chi connectivity index (χ2n) is 5.99. The molecular formula is C18H16ClN5O3S. The van der Waals surface area contributed by atoms with Gasteiger partial charge in [-0.15, -0.1) is 11.3 Å². The van der Waals surface area contributed by atoms with Gasteiger partial charge in [-0.1, -0.05) is 16.8 Å². The maximum absolute atomic E-state index is 12.3. The summed E-state index contributed by atoms with van der Waals surface area (Å²) in [5, 5.41) is 13.8. The number of methoxy groups -OCH3 is 1. The van der Waals surface area contributed by atoms with Crippen LogP contribution in [-0.4, -0.2) is 40.0 Å². The molecule has 1 atom stereocenters. The molecule has 3 aromatic rings. The maximum Gasteiger partial charge on any atom is 0.264 e. The van der Waals surface area contributed by atoms with Crippen LogP contribution in [0.15, 0.2) is 41.6 Å². The number of ether oxygens (including phenoxy) is 1. The van der Waals surface area contributed by atoms with Gasteiger partial charge < -0.3 is 14.9 Å². The van der Waals surface area contributed by atoms with Crippen molar-refractivity contribution in [3.05, 3.63) is 51.4 Å². The largest absolute Gasteiger partial charge is 0.497 e. The summed E-state index contributed by atoms with van der Waals surface area (Å²) in [5.41, 5.74) is 1.57. The lowest BCUT2D eigenvalue weighted by molar-refractivity contribution is -0.131. The lowest BCUT2D eigenvalue weighted by Crippen LogP contribution is -2.34. The Morgan fingerprint density at radius 2 is 2.18 bits per heavy atom. The summed E-state index contributed by atoms with van der Waals surface area (Å²) < 4.78 is 5.81. The van der Waals surface area contributed by atoms with E-state index in [1.807, 2.05) is 30.3 Å². The molecule has 28 heavy (non-hydrogen) atoms. The number of nitrogens with zero attached hydrogens (tertiary/aromatic N) is 3. The predicted molar refractivity (Wildman–Crippen MR) is 106 cm³/mol. The SMILES string of the molecule is COc1ccc(-c2n[nH]c(CNC(=O)C3CC(c4ccc(Cl)s4)=NO3)n2)cc1. The molecular weight excluding hydrogens is 402 g/mol. The van der Waals surface area contributed by atoms with E-state index in [-0.39, 0.29) is 12.5 Å². The summed E-state index contributed by atoms with van der Waals surface area (Å²) in [6.07, 6.45) is -0.268. The Balaban J connectivity index is 1.31. The second-order valence-corrected chi connectivity index (χ2v) is 7.71. The smallest absolute Gasteiger partial charge is 0.264 e. The van der Waals surface area contributed by atoms with Gasteiger partial charge in [0.2, 0.25) is 6.10 Å². The summed E-state index contributed by atoms with van der Waals surface area (Å²) in [7, 11) is 1.61. The van der Waals surface area contributed by atoms with E-state index in [4.69, 9.17) is 21.2 Å². The lowest BCUT2D eigenvalue weighted by atomic mass is 10.1. The number of hydrogen-bond acceptors (Lipinski definition) is 7. The van der Waals surface area contributed by atoms with Gasteiger partial charge in [0, 0.05) is 12.0 Å². The first kappa shape index (κ1) is 18.5. The average molecular weight is 418 g/mol. The number of amides is 1. The van der Waals surface area contributed by atoms with Gasteiger partial charge in [0.25, 0.3) is 5.91 Å². The summed E-state index contributed by atoms with van der Waals surface area (Å²) >= 11 is 7.34. The molecule has 144 valence electrons. The van der Waals surface area contributed by atoms with Crippen molar-refractivity contribution in [2.75, 3.05) is 7.11 Å². The number of carbonyl (C=O) groups is 1. The van der Waals surface area contributed by atoms with E-state index in [0.29, 0.717) is 22.4 Å². The topological polar surface area (TPSA) is 101 Å². The van der Waals surface area contributed by atoms with Crippen molar-refractivity contribution in [1.29, 1.82) is 0 Å². The van der Waals surface area contributed by atoms with Gasteiger partial charge in [-0.25, -0.2) is 4.98 Å². The van der Waals surface area contributed by atoms with Crippen LogP contribution in [-0.2, 0) is 16.2 Å². The molecule has 2 N–H and O–H groups in total. The highest BCUT2D eigenvalue weighted by atomic mass is 35.5.